The van der Waals surface area contributed by atoms with Crippen LogP contribution in [0.1, 0.15) is 20.3 Å². The molecule has 0 amide bonds. The van der Waals surface area contributed by atoms with E-state index in [4.69, 9.17) is 9.47 Å². The van der Waals surface area contributed by atoms with Gasteiger partial charge in [0.2, 0.25) is 6.29 Å². The topological polar surface area (TPSA) is 35.5 Å². The van der Waals surface area contributed by atoms with E-state index in [1.165, 1.54) is 14.2 Å². The molecule has 0 N–H and O–H groups in total. The van der Waals surface area contributed by atoms with Gasteiger partial charge in [-0.1, -0.05) is 13.8 Å². The van der Waals surface area contributed by atoms with Gasteiger partial charge in [-0.05, 0) is 6.42 Å². The Balaban J connectivity index is 3.97. The Bertz CT molecular complexity index is 119. The van der Waals surface area contributed by atoms with Crippen molar-refractivity contribution in [1.29, 1.82) is 0 Å². The van der Waals surface area contributed by atoms with Crippen LogP contribution in [0.5, 0.6) is 0 Å². The smallest absolute Gasteiger partial charge is 0.217 e. The third kappa shape index (κ3) is 2.99. The highest BCUT2D eigenvalue weighted by Gasteiger charge is 2.21. The number of Topliss-reactive ketones (excluding diaryl/α,β-unsaturated/α-hetero) is 1. The fourth-order valence-corrected chi connectivity index (χ4v) is 0.762. The molecule has 0 aromatic heterocycles. The Morgan fingerprint density at radius 3 is 2.09 bits per heavy atom. The molecule has 11 heavy (non-hydrogen) atoms. The van der Waals surface area contributed by atoms with Crippen LogP contribution in [-0.2, 0) is 14.3 Å². The van der Waals surface area contributed by atoms with Gasteiger partial charge in [0.05, 0.1) is 0 Å². The van der Waals surface area contributed by atoms with E-state index in [0.717, 1.165) is 6.42 Å². The number of ketones is 1. The molecule has 1 unspecified atom stereocenters. The standard InChI is InChI=1S/C8H16O3/c1-5-6(2)7(9)8(10-3)11-4/h6,8H,5H2,1-4H3. The first-order valence-corrected chi connectivity index (χ1v) is 3.76. The molecule has 3 heteroatoms. The first kappa shape index (κ1) is 10.6. The summed E-state index contributed by atoms with van der Waals surface area (Å²) in [5, 5.41) is 0. The maximum Gasteiger partial charge on any atom is 0.217 e. The second-order valence-corrected chi connectivity index (χ2v) is 2.51. The van der Waals surface area contributed by atoms with E-state index < -0.39 is 6.29 Å². The summed E-state index contributed by atoms with van der Waals surface area (Å²) in [6.45, 7) is 3.83. The lowest BCUT2D eigenvalue weighted by Gasteiger charge is -2.15. The molecule has 66 valence electrons. The zero-order valence-corrected chi connectivity index (χ0v) is 7.59. The largest absolute Gasteiger partial charge is 0.349 e. The summed E-state index contributed by atoms with van der Waals surface area (Å²) in [6, 6.07) is 0. The Morgan fingerprint density at radius 2 is 1.82 bits per heavy atom. The van der Waals surface area contributed by atoms with Crippen LogP contribution in [-0.4, -0.2) is 26.3 Å². The van der Waals surface area contributed by atoms with Crippen molar-refractivity contribution in [2.24, 2.45) is 5.92 Å². The van der Waals surface area contributed by atoms with Crippen molar-refractivity contribution in [3.63, 3.8) is 0 Å². The lowest BCUT2D eigenvalue weighted by atomic mass is 10.0. The van der Waals surface area contributed by atoms with Crippen molar-refractivity contribution in [3.05, 3.63) is 0 Å². The zero-order chi connectivity index (χ0) is 8.85. The van der Waals surface area contributed by atoms with Gasteiger partial charge in [-0.2, -0.15) is 0 Å². The first-order valence-electron chi connectivity index (χ1n) is 3.76. The number of ether oxygens (including phenoxy) is 2. The van der Waals surface area contributed by atoms with Crippen molar-refractivity contribution >= 4 is 5.78 Å². The van der Waals surface area contributed by atoms with Crippen molar-refractivity contribution in [3.8, 4) is 0 Å². The fraction of sp³-hybridized carbons (Fsp3) is 0.875. The number of hydrogen-bond donors (Lipinski definition) is 0. The number of rotatable bonds is 5. The summed E-state index contributed by atoms with van der Waals surface area (Å²) < 4.78 is 9.62. The van der Waals surface area contributed by atoms with E-state index in [2.05, 4.69) is 0 Å². The molecule has 0 radical (unpaired) electrons. The van der Waals surface area contributed by atoms with Gasteiger partial charge in [-0.15, -0.1) is 0 Å². The predicted molar refractivity (Wildman–Crippen MR) is 42.3 cm³/mol. The molecular formula is C8H16O3. The van der Waals surface area contributed by atoms with Gasteiger partial charge >= 0.3 is 0 Å². The highest BCUT2D eigenvalue weighted by atomic mass is 16.7. The van der Waals surface area contributed by atoms with Crippen molar-refractivity contribution in [2.75, 3.05) is 14.2 Å². The summed E-state index contributed by atoms with van der Waals surface area (Å²) in [7, 11) is 2.93. The molecule has 1 atom stereocenters. The SMILES string of the molecule is CCC(C)C(=O)C(OC)OC. The summed E-state index contributed by atoms with van der Waals surface area (Å²) >= 11 is 0. The molecule has 0 aliphatic heterocycles. The van der Waals surface area contributed by atoms with Gasteiger partial charge in [-0.25, -0.2) is 0 Å². The van der Waals surface area contributed by atoms with Crippen LogP contribution in [0.15, 0.2) is 0 Å². The predicted octanol–water partition coefficient (Wildman–Crippen LogP) is 1.22. The van der Waals surface area contributed by atoms with Gasteiger partial charge in [0.1, 0.15) is 0 Å². The molecular weight excluding hydrogens is 144 g/mol. The molecule has 0 heterocycles. The average molecular weight is 160 g/mol. The molecule has 0 rings (SSSR count). The van der Waals surface area contributed by atoms with E-state index >= 15 is 0 Å². The van der Waals surface area contributed by atoms with Crippen molar-refractivity contribution in [2.45, 2.75) is 26.6 Å². The molecule has 0 aliphatic rings. The molecule has 0 bridgehead atoms. The first-order chi connectivity index (χ1) is 5.17. The van der Waals surface area contributed by atoms with Crippen LogP contribution in [0, 0.1) is 5.92 Å². The molecule has 0 aliphatic carbocycles. The minimum atomic E-state index is -0.690. The van der Waals surface area contributed by atoms with E-state index in [0.29, 0.717) is 0 Å². The van der Waals surface area contributed by atoms with Crippen molar-refractivity contribution < 1.29 is 14.3 Å². The highest BCUT2D eigenvalue weighted by molar-refractivity contribution is 5.83. The van der Waals surface area contributed by atoms with Crippen LogP contribution < -0.4 is 0 Å². The summed E-state index contributed by atoms with van der Waals surface area (Å²) in [4.78, 5) is 11.3. The number of carbonyl (C=O) groups excluding carboxylic acids is 1. The van der Waals surface area contributed by atoms with Gasteiger partial charge in [0, 0.05) is 20.1 Å². The third-order valence-electron chi connectivity index (χ3n) is 1.76. The summed E-state index contributed by atoms with van der Waals surface area (Å²) in [5.74, 6) is 0.0254. The van der Waals surface area contributed by atoms with Crippen LogP contribution in [0.3, 0.4) is 0 Å². The maximum atomic E-state index is 11.3. The highest BCUT2D eigenvalue weighted by Crippen LogP contribution is 2.07. The van der Waals surface area contributed by atoms with E-state index in [1.807, 2.05) is 13.8 Å². The van der Waals surface area contributed by atoms with E-state index in [1.54, 1.807) is 0 Å². The minimum absolute atomic E-state index is 0.0116. The van der Waals surface area contributed by atoms with E-state index in [-0.39, 0.29) is 11.7 Å². The van der Waals surface area contributed by atoms with Gasteiger partial charge < -0.3 is 9.47 Å². The number of hydrogen-bond acceptors (Lipinski definition) is 3. The van der Waals surface area contributed by atoms with Crippen LogP contribution in [0.2, 0.25) is 0 Å². The number of methoxy groups -OCH3 is 2. The lowest BCUT2D eigenvalue weighted by molar-refractivity contribution is -0.160. The van der Waals surface area contributed by atoms with Crippen LogP contribution >= 0.6 is 0 Å². The second kappa shape index (κ2) is 5.27. The quantitative estimate of drug-likeness (QED) is 0.567. The number of carbonyl (C=O) groups is 1. The molecule has 0 saturated carbocycles. The Morgan fingerprint density at radius 1 is 1.36 bits per heavy atom. The van der Waals surface area contributed by atoms with Crippen LogP contribution in [0.4, 0.5) is 0 Å². The zero-order valence-electron chi connectivity index (χ0n) is 7.59. The van der Waals surface area contributed by atoms with E-state index in [9.17, 15) is 4.79 Å². The normalized spacial score (nSPS) is 13.5. The average Bonchev–Trinajstić information content (AvgIpc) is 2.05. The second-order valence-electron chi connectivity index (χ2n) is 2.51. The van der Waals surface area contributed by atoms with Crippen LogP contribution in [0.25, 0.3) is 0 Å². The minimum Gasteiger partial charge on any atom is -0.349 e. The lowest BCUT2D eigenvalue weighted by Crippen LogP contribution is -2.29. The van der Waals surface area contributed by atoms with Gasteiger partial charge in [-0.3, -0.25) is 4.79 Å². The molecule has 0 aromatic carbocycles. The molecule has 3 nitrogen and oxygen atoms in total. The monoisotopic (exact) mass is 160 g/mol. The Kier molecular flexibility index (Phi) is 5.07. The summed E-state index contributed by atoms with van der Waals surface area (Å²) in [6.07, 6.45) is 0.132. The van der Waals surface area contributed by atoms with Gasteiger partial charge in [0.25, 0.3) is 0 Å². The molecule has 0 spiro atoms. The third-order valence-corrected chi connectivity index (χ3v) is 1.76. The van der Waals surface area contributed by atoms with Gasteiger partial charge in [0.15, 0.2) is 5.78 Å². The fourth-order valence-electron chi connectivity index (χ4n) is 0.762. The molecule has 0 aromatic rings. The Hall–Kier alpha value is -0.410. The summed E-state index contributed by atoms with van der Waals surface area (Å²) in [5.41, 5.74) is 0. The Labute approximate surface area is 67.7 Å². The molecule has 0 saturated heterocycles. The van der Waals surface area contributed by atoms with Crippen molar-refractivity contribution in [1.82, 2.24) is 0 Å². The molecule has 0 fully saturated rings. The maximum absolute atomic E-state index is 11.3.